The first-order chi connectivity index (χ1) is 9.02. The third-order valence-corrected chi connectivity index (χ3v) is 2.81. The van der Waals surface area contributed by atoms with E-state index in [1.54, 1.807) is 6.07 Å². The van der Waals surface area contributed by atoms with Crippen molar-refractivity contribution in [3.05, 3.63) is 29.6 Å². The largest absolute Gasteiger partial charge is 0.477 e. The van der Waals surface area contributed by atoms with Gasteiger partial charge in [-0.05, 0) is 39.2 Å². The van der Waals surface area contributed by atoms with Gasteiger partial charge in [-0.25, -0.2) is 9.78 Å². The van der Waals surface area contributed by atoms with Crippen LogP contribution < -0.4 is 0 Å². The van der Waals surface area contributed by atoms with Crippen LogP contribution in [0.1, 0.15) is 29.5 Å². The molecule has 1 rings (SSSR count). The van der Waals surface area contributed by atoms with Gasteiger partial charge < -0.3 is 10.0 Å². The summed E-state index contributed by atoms with van der Waals surface area (Å²) in [7, 11) is 4.10. The van der Waals surface area contributed by atoms with Gasteiger partial charge in [0.2, 0.25) is 0 Å². The summed E-state index contributed by atoms with van der Waals surface area (Å²) in [4.78, 5) is 19.5. The van der Waals surface area contributed by atoms with Crippen molar-refractivity contribution in [2.75, 3.05) is 33.7 Å². The Balaban J connectivity index is 2.67. The van der Waals surface area contributed by atoms with Crippen LogP contribution >= 0.6 is 0 Å². The normalized spacial score (nSPS) is 11.2. The Morgan fingerprint density at radius 2 is 2.00 bits per heavy atom. The Morgan fingerprint density at radius 1 is 1.26 bits per heavy atom. The number of aromatic nitrogens is 1. The lowest BCUT2D eigenvalue weighted by atomic mass is 10.2. The van der Waals surface area contributed by atoms with Crippen LogP contribution in [0.2, 0.25) is 0 Å². The summed E-state index contributed by atoms with van der Waals surface area (Å²) in [6, 6.07) is 5.16. The average molecular weight is 265 g/mol. The Morgan fingerprint density at radius 3 is 2.58 bits per heavy atom. The number of aromatic carboxylic acids is 1. The second-order valence-electron chi connectivity index (χ2n) is 4.90. The van der Waals surface area contributed by atoms with Crippen LogP contribution in [0.5, 0.6) is 0 Å². The van der Waals surface area contributed by atoms with Gasteiger partial charge in [-0.15, -0.1) is 0 Å². The number of hydrogen-bond acceptors (Lipinski definition) is 4. The molecule has 1 heterocycles. The maximum Gasteiger partial charge on any atom is 0.354 e. The van der Waals surface area contributed by atoms with Gasteiger partial charge in [-0.1, -0.05) is 13.0 Å². The number of carboxylic acid groups (broad SMARTS) is 1. The molecule has 0 saturated heterocycles. The number of likely N-dealkylation sites (N-methyl/N-ethyl adjacent to an activating group) is 1. The highest BCUT2D eigenvalue weighted by Crippen LogP contribution is 2.05. The van der Waals surface area contributed by atoms with Crippen LogP contribution in [-0.2, 0) is 6.54 Å². The molecule has 0 radical (unpaired) electrons. The molecule has 0 saturated carbocycles. The molecule has 0 spiro atoms. The van der Waals surface area contributed by atoms with E-state index in [9.17, 15) is 4.79 Å². The van der Waals surface area contributed by atoms with Crippen molar-refractivity contribution in [2.45, 2.75) is 19.9 Å². The number of hydrogen-bond donors (Lipinski definition) is 1. The smallest absolute Gasteiger partial charge is 0.354 e. The molecule has 19 heavy (non-hydrogen) atoms. The first-order valence-corrected chi connectivity index (χ1v) is 6.59. The Labute approximate surface area is 114 Å². The highest BCUT2D eigenvalue weighted by molar-refractivity contribution is 5.85. The van der Waals surface area contributed by atoms with Crippen LogP contribution in [0.25, 0.3) is 0 Å². The molecule has 0 aliphatic rings. The lowest BCUT2D eigenvalue weighted by Gasteiger charge is -2.23. The summed E-state index contributed by atoms with van der Waals surface area (Å²) in [6.07, 6.45) is 1.08. The number of pyridine rings is 1. The fourth-order valence-corrected chi connectivity index (χ4v) is 1.84. The molecule has 5 heteroatoms. The summed E-state index contributed by atoms with van der Waals surface area (Å²) in [5.41, 5.74) is 0.925. The zero-order chi connectivity index (χ0) is 14.3. The molecule has 0 aliphatic carbocycles. The second-order valence-corrected chi connectivity index (χ2v) is 4.90. The second kappa shape index (κ2) is 7.86. The lowest BCUT2D eigenvalue weighted by Crippen LogP contribution is -2.32. The van der Waals surface area contributed by atoms with Crippen molar-refractivity contribution < 1.29 is 9.90 Å². The van der Waals surface area contributed by atoms with Gasteiger partial charge in [0.25, 0.3) is 0 Å². The molecule has 1 aromatic rings. The molecule has 0 aliphatic heterocycles. The van der Waals surface area contributed by atoms with E-state index in [1.165, 1.54) is 6.07 Å². The van der Waals surface area contributed by atoms with Crippen molar-refractivity contribution in [3.8, 4) is 0 Å². The summed E-state index contributed by atoms with van der Waals surface area (Å²) < 4.78 is 0. The first kappa shape index (κ1) is 15.6. The van der Waals surface area contributed by atoms with E-state index in [-0.39, 0.29) is 5.69 Å². The van der Waals surface area contributed by atoms with Gasteiger partial charge >= 0.3 is 5.97 Å². The third kappa shape index (κ3) is 5.81. The minimum Gasteiger partial charge on any atom is -0.477 e. The van der Waals surface area contributed by atoms with Gasteiger partial charge in [0, 0.05) is 19.6 Å². The highest BCUT2D eigenvalue weighted by Gasteiger charge is 2.09. The van der Waals surface area contributed by atoms with E-state index in [1.807, 2.05) is 20.2 Å². The fraction of sp³-hybridized carbons (Fsp3) is 0.571. The maximum absolute atomic E-state index is 10.9. The molecule has 5 nitrogen and oxygen atoms in total. The lowest BCUT2D eigenvalue weighted by molar-refractivity contribution is 0.0690. The van der Waals surface area contributed by atoms with Crippen LogP contribution in [0.3, 0.4) is 0 Å². The molecule has 0 aromatic carbocycles. The van der Waals surface area contributed by atoms with E-state index in [0.717, 1.165) is 31.7 Å². The van der Waals surface area contributed by atoms with Crippen molar-refractivity contribution >= 4 is 5.97 Å². The van der Waals surface area contributed by atoms with Crippen molar-refractivity contribution in [2.24, 2.45) is 0 Å². The fourth-order valence-electron chi connectivity index (χ4n) is 1.84. The molecule has 0 unspecified atom stereocenters. The zero-order valence-electron chi connectivity index (χ0n) is 12.0. The highest BCUT2D eigenvalue weighted by atomic mass is 16.4. The maximum atomic E-state index is 10.9. The Hall–Kier alpha value is -1.46. The van der Waals surface area contributed by atoms with Crippen LogP contribution in [-0.4, -0.2) is 59.6 Å². The molecular weight excluding hydrogens is 242 g/mol. The van der Waals surface area contributed by atoms with Crippen LogP contribution in [0.15, 0.2) is 18.2 Å². The van der Waals surface area contributed by atoms with Gasteiger partial charge in [0.1, 0.15) is 5.69 Å². The SMILES string of the molecule is CCCN(CCN(C)C)Cc1cccc(C(=O)O)n1. The van der Waals surface area contributed by atoms with E-state index in [0.29, 0.717) is 6.54 Å². The number of rotatable bonds is 8. The molecule has 0 atom stereocenters. The monoisotopic (exact) mass is 265 g/mol. The predicted octanol–water partition coefficient (Wildman–Crippen LogP) is 1.55. The van der Waals surface area contributed by atoms with Crippen molar-refractivity contribution in [1.82, 2.24) is 14.8 Å². The quantitative estimate of drug-likeness (QED) is 0.773. The molecular formula is C14H23N3O2. The molecule has 1 aromatic heterocycles. The van der Waals surface area contributed by atoms with Crippen molar-refractivity contribution in [3.63, 3.8) is 0 Å². The molecule has 1 N–H and O–H groups in total. The van der Waals surface area contributed by atoms with Crippen LogP contribution in [0.4, 0.5) is 0 Å². The van der Waals surface area contributed by atoms with E-state index in [2.05, 4.69) is 21.7 Å². The summed E-state index contributed by atoms with van der Waals surface area (Å²) in [5, 5.41) is 8.94. The Bertz CT molecular complexity index is 407. The molecule has 0 bridgehead atoms. The minimum absolute atomic E-state index is 0.113. The van der Waals surface area contributed by atoms with Crippen LogP contribution in [0, 0.1) is 0 Å². The minimum atomic E-state index is -0.975. The number of carboxylic acids is 1. The molecule has 0 fully saturated rings. The first-order valence-electron chi connectivity index (χ1n) is 6.59. The number of nitrogens with zero attached hydrogens (tertiary/aromatic N) is 3. The van der Waals surface area contributed by atoms with Gasteiger partial charge in [-0.3, -0.25) is 4.90 Å². The van der Waals surface area contributed by atoms with E-state index in [4.69, 9.17) is 5.11 Å². The summed E-state index contributed by atoms with van der Waals surface area (Å²) >= 11 is 0. The standard InChI is InChI=1S/C14H23N3O2/c1-4-8-17(10-9-16(2)3)11-12-6-5-7-13(15-12)14(18)19/h5-7H,4,8-11H2,1-3H3,(H,18,19). The van der Waals surface area contributed by atoms with Crippen molar-refractivity contribution in [1.29, 1.82) is 0 Å². The average Bonchev–Trinajstić information content (AvgIpc) is 2.36. The van der Waals surface area contributed by atoms with Gasteiger partial charge in [0.15, 0.2) is 0 Å². The predicted molar refractivity (Wildman–Crippen MR) is 75.3 cm³/mol. The topological polar surface area (TPSA) is 56.7 Å². The van der Waals surface area contributed by atoms with Gasteiger partial charge in [0.05, 0.1) is 5.69 Å². The third-order valence-electron chi connectivity index (χ3n) is 2.81. The van der Waals surface area contributed by atoms with E-state index >= 15 is 0 Å². The zero-order valence-corrected chi connectivity index (χ0v) is 12.0. The Kier molecular flexibility index (Phi) is 6.45. The molecule has 106 valence electrons. The summed E-state index contributed by atoms with van der Waals surface area (Å²) in [6.45, 7) is 5.78. The van der Waals surface area contributed by atoms with E-state index < -0.39 is 5.97 Å². The number of carbonyl (C=O) groups is 1. The summed E-state index contributed by atoms with van der Waals surface area (Å²) in [5.74, 6) is -0.975. The van der Waals surface area contributed by atoms with Gasteiger partial charge in [-0.2, -0.15) is 0 Å². The molecule has 0 amide bonds.